The predicted molar refractivity (Wildman–Crippen MR) is 42.7 cm³/mol. The third-order valence-electron chi connectivity index (χ3n) is 1.62. The maximum absolute atomic E-state index is 12.1. The lowest BCUT2D eigenvalue weighted by Crippen LogP contribution is -2.18. The molecule has 10 heavy (non-hydrogen) atoms. The van der Waals surface area contributed by atoms with Crippen LogP contribution in [0.5, 0.6) is 0 Å². The summed E-state index contributed by atoms with van der Waals surface area (Å²) in [5.41, 5.74) is 0. The highest BCUT2D eigenvalue weighted by Gasteiger charge is 2.22. The van der Waals surface area contributed by atoms with Crippen molar-refractivity contribution in [2.24, 2.45) is 11.8 Å². The Morgan fingerprint density at radius 1 is 1.30 bits per heavy atom. The van der Waals surface area contributed by atoms with Gasteiger partial charge in [-0.2, -0.15) is 0 Å². The molecule has 0 amide bonds. The Labute approximate surface area is 69.1 Å². The van der Waals surface area contributed by atoms with Crippen LogP contribution in [0.4, 0.5) is 8.78 Å². The number of hydrogen-bond acceptors (Lipinski definition) is 0. The van der Waals surface area contributed by atoms with Crippen LogP contribution in [0.25, 0.3) is 0 Å². The SMILES string of the molecule is CC(C)C(CCBr)C(F)F. The molecule has 0 aliphatic rings. The van der Waals surface area contributed by atoms with Crippen molar-refractivity contribution in [2.45, 2.75) is 26.7 Å². The molecule has 0 aromatic rings. The van der Waals surface area contributed by atoms with E-state index < -0.39 is 12.3 Å². The minimum Gasteiger partial charge on any atom is -0.210 e. The van der Waals surface area contributed by atoms with Crippen LogP contribution in [0, 0.1) is 11.8 Å². The van der Waals surface area contributed by atoms with Crippen LogP contribution in [0.1, 0.15) is 20.3 Å². The molecule has 62 valence electrons. The molecule has 0 bridgehead atoms. The summed E-state index contributed by atoms with van der Waals surface area (Å²) in [6, 6.07) is 0. The Morgan fingerprint density at radius 3 is 1.90 bits per heavy atom. The lowest BCUT2D eigenvalue weighted by molar-refractivity contribution is 0.0508. The third kappa shape index (κ3) is 3.49. The summed E-state index contributed by atoms with van der Waals surface area (Å²) >= 11 is 3.15. The molecule has 1 atom stereocenters. The van der Waals surface area contributed by atoms with Crippen LogP contribution < -0.4 is 0 Å². The standard InChI is InChI=1S/C7H13BrF2/c1-5(2)6(3-4-8)7(9)10/h5-7H,3-4H2,1-2H3. The molecule has 3 heteroatoms. The third-order valence-corrected chi connectivity index (χ3v) is 2.08. The molecular weight excluding hydrogens is 202 g/mol. The topological polar surface area (TPSA) is 0 Å². The van der Waals surface area contributed by atoms with Crippen LogP contribution in [-0.2, 0) is 0 Å². The molecule has 0 saturated carbocycles. The van der Waals surface area contributed by atoms with E-state index >= 15 is 0 Å². The lowest BCUT2D eigenvalue weighted by Gasteiger charge is -2.17. The first-order valence-electron chi connectivity index (χ1n) is 3.43. The Morgan fingerprint density at radius 2 is 1.80 bits per heavy atom. The summed E-state index contributed by atoms with van der Waals surface area (Å²) in [5.74, 6) is -0.364. The van der Waals surface area contributed by atoms with Crippen LogP contribution in [-0.4, -0.2) is 11.8 Å². The maximum atomic E-state index is 12.1. The first-order chi connectivity index (χ1) is 4.59. The Balaban J connectivity index is 3.73. The molecule has 0 rings (SSSR count). The molecule has 0 nitrogen and oxygen atoms in total. The molecule has 0 N–H and O–H groups in total. The van der Waals surface area contributed by atoms with Gasteiger partial charge in [0.2, 0.25) is 6.43 Å². The van der Waals surface area contributed by atoms with Gasteiger partial charge in [-0.3, -0.25) is 0 Å². The largest absolute Gasteiger partial charge is 0.241 e. The Bertz CT molecular complexity index is 75.7. The van der Waals surface area contributed by atoms with Crippen LogP contribution in [0.3, 0.4) is 0 Å². The Kier molecular flexibility index (Phi) is 5.22. The summed E-state index contributed by atoms with van der Waals surface area (Å²) in [7, 11) is 0. The molecule has 0 fully saturated rings. The number of halogens is 3. The van der Waals surface area contributed by atoms with Gasteiger partial charge in [-0.15, -0.1) is 0 Å². The van der Waals surface area contributed by atoms with Gasteiger partial charge in [-0.25, -0.2) is 8.78 Å². The van der Waals surface area contributed by atoms with Gasteiger partial charge in [-0.05, 0) is 12.3 Å². The second kappa shape index (κ2) is 5.05. The Hall–Kier alpha value is 0.340. The van der Waals surface area contributed by atoms with E-state index in [1.807, 2.05) is 13.8 Å². The van der Waals surface area contributed by atoms with Crippen molar-refractivity contribution in [3.05, 3.63) is 0 Å². The second-order valence-corrected chi connectivity index (χ2v) is 3.51. The van der Waals surface area contributed by atoms with Crippen molar-refractivity contribution in [1.29, 1.82) is 0 Å². The van der Waals surface area contributed by atoms with Gasteiger partial charge in [-0.1, -0.05) is 29.8 Å². The monoisotopic (exact) mass is 214 g/mol. The van der Waals surface area contributed by atoms with Crippen molar-refractivity contribution >= 4 is 15.9 Å². The van der Waals surface area contributed by atoms with Crippen molar-refractivity contribution in [1.82, 2.24) is 0 Å². The average Bonchev–Trinajstić information content (AvgIpc) is 1.81. The molecule has 0 radical (unpaired) electrons. The molecule has 0 aliphatic carbocycles. The minimum atomic E-state index is -2.17. The highest BCUT2D eigenvalue weighted by atomic mass is 79.9. The van der Waals surface area contributed by atoms with E-state index in [9.17, 15) is 8.78 Å². The maximum Gasteiger partial charge on any atom is 0.241 e. The molecule has 0 spiro atoms. The van der Waals surface area contributed by atoms with Gasteiger partial charge in [0.05, 0.1) is 0 Å². The fourth-order valence-electron chi connectivity index (χ4n) is 0.876. The van der Waals surface area contributed by atoms with E-state index in [-0.39, 0.29) is 5.92 Å². The molecule has 0 saturated heterocycles. The van der Waals surface area contributed by atoms with Crippen molar-refractivity contribution in [3.8, 4) is 0 Å². The summed E-state index contributed by atoms with van der Waals surface area (Å²) < 4.78 is 24.2. The first-order valence-corrected chi connectivity index (χ1v) is 4.55. The fraction of sp³-hybridized carbons (Fsp3) is 1.00. The zero-order chi connectivity index (χ0) is 8.15. The zero-order valence-electron chi connectivity index (χ0n) is 6.28. The lowest BCUT2D eigenvalue weighted by atomic mass is 9.94. The van der Waals surface area contributed by atoms with Crippen LogP contribution in [0.2, 0.25) is 0 Å². The smallest absolute Gasteiger partial charge is 0.210 e. The van der Waals surface area contributed by atoms with Gasteiger partial charge in [0.1, 0.15) is 0 Å². The van der Waals surface area contributed by atoms with E-state index in [4.69, 9.17) is 0 Å². The fourth-order valence-corrected chi connectivity index (χ4v) is 1.40. The van der Waals surface area contributed by atoms with E-state index in [0.717, 1.165) is 0 Å². The van der Waals surface area contributed by atoms with E-state index in [1.54, 1.807) is 0 Å². The quantitative estimate of drug-likeness (QED) is 0.631. The number of alkyl halides is 3. The van der Waals surface area contributed by atoms with Crippen molar-refractivity contribution < 1.29 is 8.78 Å². The summed E-state index contributed by atoms with van der Waals surface area (Å²) in [5, 5.41) is 0.667. The normalized spacial score (nSPS) is 14.7. The number of rotatable bonds is 4. The van der Waals surface area contributed by atoms with Crippen LogP contribution >= 0.6 is 15.9 Å². The average molecular weight is 215 g/mol. The van der Waals surface area contributed by atoms with Crippen LogP contribution in [0.15, 0.2) is 0 Å². The second-order valence-electron chi connectivity index (χ2n) is 2.72. The highest BCUT2D eigenvalue weighted by Crippen LogP contribution is 2.23. The van der Waals surface area contributed by atoms with Crippen molar-refractivity contribution in [3.63, 3.8) is 0 Å². The minimum absolute atomic E-state index is 0.0811. The summed E-state index contributed by atoms with van der Waals surface area (Å²) in [6.07, 6.45) is -1.60. The van der Waals surface area contributed by atoms with Gasteiger partial charge in [0, 0.05) is 11.2 Å². The van der Waals surface area contributed by atoms with Crippen molar-refractivity contribution in [2.75, 3.05) is 5.33 Å². The summed E-state index contributed by atoms with van der Waals surface area (Å²) in [4.78, 5) is 0. The molecular formula is C7H13BrF2. The van der Waals surface area contributed by atoms with Gasteiger partial charge >= 0.3 is 0 Å². The predicted octanol–water partition coefficient (Wildman–Crippen LogP) is 3.31. The molecule has 1 unspecified atom stereocenters. The van der Waals surface area contributed by atoms with E-state index in [0.29, 0.717) is 11.8 Å². The molecule has 0 aromatic heterocycles. The van der Waals surface area contributed by atoms with Gasteiger partial charge in [0.25, 0.3) is 0 Å². The summed E-state index contributed by atoms with van der Waals surface area (Å²) in [6.45, 7) is 3.67. The van der Waals surface area contributed by atoms with Gasteiger partial charge < -0.3 is 0 Å². The molecule has 0 aliphatic heterocycles. The van der Waals surface area contributed by atoms with E-state index in [2.05, 4.69) is 15.9 Å². The first kappa shape index (κ1) is 10.3. The number of hydrogen-bond donors (Lipinski definition) is 0. The highest BCUT2D eigenvalue weighted by molar-refractivity contribution is 9.09. The molecule has 0 aromatic carbocycles. The van der Waals surface area contributed by atoms with E-state index in [1.165, 1.54) is 0 Å². The van der Waals surface area contributed by atoms with Gasteiger partial charge in [0.15, 0.2) is 0 Å². The molecule has 0 heterocycles. The zero-order valence-corrected chi connectivity index (χ0v) is 7.87.